The maximum absolute atomic E-state index is 14.4. The van der Waals surface area contributed by atoms with E-state index in [4.69, 9.17) is 0 Å². The van der Waals surface area contributed by atoms with E-state index in [2.05, 4.69) is 5.32 Å². The number of carbonyl (C=O) groups is 2. The monoisotopic (exact) mass is 508 g/mol. The van der Waals surface area contributed by atoms with E-state index in [9.17, 15) is 32.5 Å². The van der Waals surface area contributed by atoms with Gasteiger partial charge in [0.15, 0.2) is 0 Å². The van der Waals surface area contributed by atoms with Crippen molar-refractivity contribution in [1.29, 1.82) is 0 Å². The molecule has 0 fully saturated rings. The van der Waals surface area contributed by atoms with Crippen LogP contribution in [0.3, 0.4) is 0 Å². The van der Waals surface area contributed by atoms with E-state index < -0.39 is 45.2 Å². The van der Waals surface area contributed by atoms with E-state index >= 15 is 0 Å². The highest BCUT2D eigenvalue weighted by Crippen LogP contribution is 2.28. The van der Waals surface area contributed by atoms with Crippen molar-refractivity contribution in [3.8, 4) is 0 Å². The number of carbonyl (C=O) groups excluding carboxylic acids is 2. The zero-order valence-corrected chi connectivity index (χ0v) is 20.8. The molecule has 0 aliphatic heterocycles. The van der Waals surface area contributed by atoms with Crippen LogP contribution in [0.5, 0.6) is 0 Å². The quantitative estimate of drug-likeness (QED) is 0.367. The Hall–Kier alpha value is -3.54. The van der Waals surface area contributed by atoms with Crippen molar-refractivity contribution in [3.63, 3.8) is 0 Å². The third-order valence-corrected chi connectivity index (χ3v) is 6.49. The molecule has 10 nitrogen and oxygen atoms in total. The minimum Gasteiger partial charge on any atom is -0.354 e. The fraction of sp³-hybridized carbons (Fsp3) is 0.391. The minimum absolute atomic E-state index is 0.0380. The second-order valence-corrected chi connectivity index (χ2v) is 9.98. The number of nitrogens with one attached hydrogen (secondary N) is 1. The standard InChI is InChI=1S/C23H29FN4O6S/c1-5-12-25-23(30)17(3)26(14-18-8-6-7-9-20(18)24)22(29)15-27(35(4,33)34)21-13-19(28(31)32)11-10-16(21)2/h6-11,13,17H,5,12,14-15H2,1-4H3,(H,25,30)/t17-/m0/s1. The number of hydrogen-bond acceptors (Lipinski definition) is 6. The lowest BCUT2D eigenvalue weighted by Crippen LogP contribution is -2.51. The number of nitrogens with zero attached hydrogens (tertiary/aromatic N) is 3. The molecule has 1 atom stereocenters. The Morgan fingerprint density at radius 3 is 2.43 bits per heavy atom. The van der Waals surface area contributed by atoms with Crippen molar-refractivity contribution < 1.29 is 27.3 Å². The van der Waals surface area contributed by atoms with Crippen molar-refractivity contribution >= 4 is 33.2 Å². The van der Waals surface area contributed by atoms with E-state index in [1.54, 1.807) is 13.0 Å². The van der Waals surface area contributed by atoms with Gasteiger partial charge in [0.2, 0.25) is 21.8 Å². The van der Waals surface area contributed by atoms with Gasteiger partial charge in [-0.2, -0.15) is 0 Å². The highest BCUT2D eigenvalue weighted by Gasteiger charge is 2.31. The second-order valence-electron chi connectivity index (χ2n) is 8.08. The number of benzene rings is 2. The first-order valence-electron chi connectivity index (χ1n) is 10.9. The Labute approximate surface area is 203 Å². The first-order valence-corrected chi connectivity index (χ1v) is 12.7. The Kier molecular flexibility index (Phi) is 9.29. The Morgan fingerprint density at radius 2 is 1.86 bits per heavy atom. The molecule has 2 aromatic carbocycles. The number of nitro benzene ring substituents is 1. The second kappa shape index (κ2) is 11.7. The zero-order chi connectivity index (χ0) is 26.3. The lowest BCUT2D eigenvalue weighted by Gasteiger charge is -2.32. The van der Waals surface area contributed by atoms with E-state index in [0.717, 1.165) is 21.5 Å². The summed E-state index contributed by atoms with van der Waals surface area (Å²) in [5, 5.41) is 13.9. The summed E-state index contributed by atoms with van der Waals surface area (Å²) in [6.07, 6.45) is 1.53. The number of rotatable bonds is 11. The van der Waals surface area contributed by atoms with Gasteiger partial charge in [-0.3, -0.25) is 24.0 Å². The summed E-state index contributed by atoms with van der Waals surface area (Å²) in [6.45, 7) is 4.23. The number of anilines is 1. The molecular weight excluding hydrogens is 479 g/mol. The highest BCUT2D eigenvalue weighted by molar-refractivity contribution is 7.92. The van der Waals surface area contributed by atoms with Crippen LogP contribution in [0.2, 0.25) is 0 Å². The van der Waals surface area contributed by atoms with Gasteiger partial charge in [-0.15, -0.1) is 0 Å². The fourth-order valence-electron chi connectivity index (χ4n) is 3.36. The van der Waals surface area contributed by atoms with Gasteiger partial charge in [-0.05, 0) is 31.9 Å². The molecule has 0 unspecified atom stereocenters. The molecule has 0 aromatic heterocycles. The molecular formula is C23H29FN4O6S. The Balaban J connectivity index is 2.48. The van der Waals surface area contributed by atoms with E-state index in [1.807, 2.05) is 6.92 Å². The molecule has 0 saturated carbocycles. The number of sulfonamides is 1. The topological polar surface area (TPSA) is 130 Å². The third-order valence-electron chi connectivity index (χ3n) is 5.37. The third kappa shape index (κ3) is 7.22. The van der Waals surface area contributed by atoms with Gasteiger partial charge < -0.3 is 10.2 Å². The molecule has 2 rings (SSSR count). The maximum Gasteiger partial charge on any atom is 0.271 e. The number of non-ortho nitro benzene ring substituents is 1. The maximum atomic E-state index is 14.4. The van der Waals surface area contributed by atoms with Gasteiger partial charge >= 0.3 is 0 Å². The minimum atomic E-state index is -4.06. The molecule has 1 N–H and O–H groups in total. The van der Waals surface area contributed by atoms with Crippen LogP contribution >= 0.6 is 0 Å². The molecule has 190 valence electrons. The number of halogens is 1. The first-order chi connectivity index (χ1) is 16.4. The van der Waals surface area contributed by atoms with Crippen LogP contribution in [0.25, 0.3) is 0 Å². The average molecular weight is 509 g/mol. The molecule has 35 heavy (non-hydrogen) atoms. The summed E-state index contributed by atoms with van der Waals surface area (Å²) in [5.41, 5.74) is 0.155. The molecule has 0 bridgehead atoms. The number of aryl methyl sites for hydroxylation is 1. The van der Waals surface area contributed by atoms with Crippen LogP contribution in [0.4, 0.5) is 15.8 Å². The lowest BCUT2D eigenvalue weighted by atomic mass is 10.1. The van der Waals surface area contributed by atoms with Gasteiger partial charge in [0.25, 0.3) is 5.69 Å². The van der Waals surface area contributed by atoms with Gasteiger partial charge in [-0.25, -0.2) is 12.8 Å². The van der Waals surface area contributed by atoms with E-state index in [0.29, 0.717) is 18.5 Å². The molecule has 0 aliphatic carbocycles. The lowest BCUT2D eigenvalue weighted by molar-refractivity contribution is -0.384. The van der Waals surface area contributed by atoms with Gasteiger partial charge in [0.1, 0.15) is 18.4 Å². The summed E-state index contributed by atoms with van der Waals surface area (Å²) in [7, 11) is -4.06. The summed E-state index contributed by atoms with van der Waals surface area (Å²) in [6, 6.07) is 8.39. The van der Waals surface area contributed by atoms with Gasteiger partial charge in [-0.1, -0.05) is 31.2 Å². The number of amides is 2. The molecule has 2 aromatic rings. The van der Waals surface area contributed by atoms with Crippen LogP contribution in [0.1, 0.15) is 31.4 Å². The summed E-state index contributed by atoms with van der Waals surface area (Å²) in [4.78, 5) is 37.7. The van der Waals surface area contributed by atoms with E-state index in [-0.39, 0.29) is 23.5 Å². The normalized spacial score (nSPS) is 12.0. The smallest absolute Gasteiger partial charge is 0.271 e. The SMILES string of the molecule is CCCNC(=O)[C@H](C)N(Cc1ccccc1F)C(=O)CN(c1cc([N+](=O)[O-])ccc1C)S(C)(=O)=O. The highest BCUT2D eigenvalue weighted by atomic mass is 32.2. The van der Waals surface area contributed by atoms with Crippen LogP contribution < -0.4 is 9.62 Å². The van der Waals surface area contributed by atoms with Crippen LogP contribution in [0.15, 0.2) is 42.5 Å². The number of nitro groups is 1. The zero-order valence-electron chi connectivity index (χ0n) is 20.0. The molecule has 0 spiro atoms. The molecule has 0 aliphatic rings. The Bertz CT molecular complexity index is 1200. The molecule has 0 saturated heterocycles. The number of hydrogen-bond donors (Lipinski definition) is 1. The van der Waals surface area contributed by atoms with Gasteiger partial charge in [0, 0.05) is 30.8 Å². The molecule has 0 heterocycles. The van der Waals surface area contributed by atoms with Crippen LogP contribution in [0, 0.1) is 22.9 Å². The fourth-order valence-corrected chi connectivity index (χ4v) is 4.26. The largest absolute Gasteiger partial charge is 0.354 e. The predicted molar refractivity (Wildman–Crippen MR) is 130 cm³/mol. The first kappa shape index (κ1) is 27.7. The van der Waals surface area contributed by atoms with Gasteiger partial charge in [0.05, 0.1) is 16.9 Å². The van der Waals surface area contributed by atoms with Crippen molar-refractivity contribution in [3.05, 3.63) is 69.5 Å². The molecule has 0 radical (unpaired) electrons. The van der Waals surface area contributed by atoms with E-state index in [1.165, 1.54) is 37.3 Å². The van der Waals surface area contributed by atoms with Crippen molar-refractivity contribution in [2.75, 3.05) is 23.7 Å². The van der Waals surface area contributed by atoms with Crippen molar-refractivity contribution in [2.24, 2.45) is 0 Å². The Morgan fingerprint density at radius 1 is 1.20 bits per heavy atom. The predicted octanol–water partition coefficient (Wildman–Crippen LogP) is 2.75. The molecule has 12 heteroatoms. The summed E-state index contributed by atoms with van der Waals surface area (Å²) < 4.78 is 40.4. The summed E-state index contributed by atoms with van der Waals surface area (Å²) >= 11 is 0. The summed E-state index contributed by atoms with van der Waals surface area (Å²) in [5.74, 6) is -1.83. The average Bonchev–Trinajstić information content (AvgIpc) is 2.79. The van der Waals surface area contributed by atoms with Crippen molar-refractivity contribution in [2.45, 2.75) is 39.8 Å². The molecule has 2 amide bonds. The van der Waals surface area contributed by atoms with Crippen LogP contribution in [-0.4, -0.2) is 55.4 Å². The van der Waals surface area contributed by atoms with Crippen molar-refractivity contribution in [1.82, 2.24) is 10.2 Å². The van der Waals surface area contributed by atoms with Crippen LogP contribution in [-0.2, 0) is 26.2 Å².